The predicted molar refractivity (Wildman–Crippen MR) is 68.7 cm³/mol. The highest BCUT2D eigenvalue weighted by Gasteiger charge is 2.17. The van der Waals surface area contributed by atoms with Gasteiger partial charge >= 0.3 is 0 Å². The molecule has 2 rings (SSSR count). The lowest BCUT2D eigenvalue weighted by atomic mass is 9.91. The van der Waals surface area contributed by atoms with Crippen LogP contribution in [0.4, 0.5) is 5.69 Å². The monoisotopic (exact) mass is 237 g/mol. The Morgan fingerprint density at radius 2 is 1.88 bits per heavy atom. The molecule has 1 unspecified atom stereocenters. The fourth-order valence-corrected chi connectivity index (χ4v) is 3.85. The van der Waals surface area contributed by atoms with Gasteiger partial charge in [0.25, 0.3) is 0 Å². The molecule has 0 aliphatic heterocycles. The molecule has 0 radical (unpaired) electrons. The maximum absolute atomic E-state index is 12.2. The van der Waals surface area contributed by atoms with Crippen molar-refractivity contribution in [3.05, 3.63) is 24.3 Å². The number of hydrogen-bond acceptors (Lipinski definition) is 2. The van der Waals surface area contributed by atoms with Crippen LogP contribution in [0.25, 0.3) is 0 Å². The van der Waals surface area contributed by atoms with Gasteiger partial charge in [-0.2, -0.15) is 0 Å². The second-order valence-electron chi connectivity index (χ2n) is 4.55. The van der Waals surface area contributed by atoms with Crippen molar-refractivity contribution in [2.24, 2.45) is 5.92 Å². The molecule has 16 heavy (non-hydrogen) atoms. The first-order valence-electron chi connectivity index (χ1n) is 6.00. The average Bonchev–Trinajstić information content (AvgIpc) is 2.31. The van der Waals surface area contributed by atoms with Crippen LogP contribution in [0.5, 0.6) is 0 Å². The SMILES string of the molecule is Nc1ccccc1S(=O)CC1CCCCC1. The lowest BCUT2D eigenvalue weighted by Crippen LogP contribution is -2.15. The Morgan fingerprint density at radius 3 is 2.56 bits per heavy atom. The zero-order valence-corrected chi connectivity index (χ0v) is 10.3. The minimum Gasteiger partial charge on any atom is -0.398 e. The van der Waals surface area contributed by atoms with E-state index in [1.807, 2.05) is 24.3 Å². The van der Waals surface area contributed by atoms with E-state index in [4.69, 9.17) is 5.73 Å². The predicted octanol–water partition coefficient (Wildman–Crippen LogP) is 2.96. The summed E-state index contributed by atoms with van der Waals surface area (Å²) in [6.07, 6.45) is 6.41. The van der Waals surface area contributed by atoms with Crippen LogP contribution >= 0.6 is 0 Å². The average molecular weight is 237 g/mol. The number of hydrogen-bond donors (Lipinski definition) is 1. The Labute approximate surface area is 99.7 Å². The molecule has 1 aromatic rings. The topological polar surface area (TPSA) is 43.1 Å². The van der Waals surface area contributed by atoms with Crippen molar-refractivity contribution in [3.63, 3.8) is 0 Å². The van der Waals surface area contributed by atoms with Crippen LogP contribution in [0.3, 0.4) is 0 Å². The van der Waals surface area contributed by atoms with Crippen LogP contribution in [0.2, 0.25) is 0 Å². The first-order chi connectivity index (χ1) is 7.77. The minimum atomic E-state index is -0.918. The van der Waals surface area contributed by atoms with E-state index in [-0.39, 0.29) is 0 Å². The lowest BCUT2D eigenvalue weighted by Gasteiger charge is -2.21. The molecule has 1 aromatic carbocycles. The van der Waals surface area contributed by atoms with Gasteiger partial charge in [-0.25, -0.2) is 0 Å². The van der Waals surface area contributed by atoms with E-state index in [9.17, 15) is 4.21 Å². The Balaban J connectivity index is 2.00. The summed E-state index contributed by atoms with van der Waals surface area (Å²) in [5.41, 5.74) is 6.50. The second kappa shape index (κ2) is 5.48. The van der Waals surface area contributed by atoms with Gasteiger partial charge in [0.2, 0.25) is 0 Å². The summed E-state index contributed by atoms with van der Waals surface area (Å²) in [5.74, 6) is 1.42. The van der Waals surface area contributed by atoms with Crippen molar-refractivity contribution in [2.45, 2.75) is 37.0 Å². The summed E-state index contributed by atoms with van der Waals surface area (Å²) in [6.45, 7) is 0. The summed E-state index contributed by atoms with van der Waals surface area (Å²) in [4.78, 5) is 0.813. The number of benzene rings is 1. The van der Waals surface area contributed by atoms with E-state index in [0.29, 0.717) is 11.6 Å². The van der Waals surface area contributed by atoms with Crippen LogP contribution < -0.4 is 5.73 Å². The third-order valence-corrected chi connectivity index (χ3v) is 4.91. The highest BCUT2D eigenvalue weighted by Crippen LogP contribution is 2.26. The van der Waals surface area contributed by atoms with E-state index in [2.05, 4.69) is 0 Å². The quantitative estimate of drug-likeness (QED) is 0.821. The molecule has 1 aliphatic carbocycles. The second-order valence-corrected chi connectivity index (χ2v) is 6.02. The lowest BCUT2D eigenvalue weighted by molar-refractivity contribution is 0.388. The van der Waals surface area contributed by atoms with Gasteiger partial charge in [-0.3, -0.25) is 4.21 Å². The van der Waals surface area contributed by atoms with E-state index in [1.54, 1.807) is 0 Å². The Bertz CT molecular complexity index is 372. The van der Waals surface area contributed by atoms with Gasteiger partial charge in [-0.15, -0.1) is 0 Å². The van der Waals surface area contributed by atoms with Gasteiger partial charge in [0.15, 0.2) is 0 Å². The molecule has 1 aliphatic rings. The van der Waals surface area contributed by atoms with Crippen molar-refractivity contribution in [2.75, 3.05) is 11.5 Å². The van der Waals surface area contributed by atoms with Crippen LogP contribution in [-0.2, 0) is 10.8 Å². The van der Waals surface area contributed by atoms with Gasteiger partial charge < -0.3 is 5.73 Å². The normalized spacial score (nSPS) is 19.5. The molecular weight excluding hydrogens is 218 g/mol. The van der Waals surface area contributed by atoms with Crippen molar-refractivity contribution in [1.29, 1.82) is 0 Å². The fourth-order valence-electron chi connectivity index (χ4n) is 2.35. The van der Waals surface area contributed by atoms with Gasteiger partial charge in [-0.1, -0.05) is 31.4 Å². The molecule has 1 atom stereocenters. The molecule has 0 saturated heterocycles. The minimum absolute atomic E-state index is 0.634. The van der Waals surface area contributed by atoms with E-state index in [1.165, 1.54) is 32.1 Å². The molecule has 0 heterocycles. The Kier molecular flexibility index (Phi) is 3.99. The molecule has 2 N–H and O–H groups in total. The summed E-state index contributed by atoms with van der Waals surface area (Å²) in [6, 6.07) is 7.50. The summed E-state index contributed by atoms with van der Waals surface area (Å²) < 4.78 is 12.2. The Hall–Kier alpha value is -0.830. The largest absolute Gasteiger partial charge is 0.398 e. The van der Waals surface area contributed by atoms with E-state index >= 15 is 0 Å². The standard InChI is InChI=1S/C13H19NOS/c14-12-8-4-5-9-13(12)16(15)10-11-6-2-1-3-7-11/h4-5,8-9,11H,1-3,6-7,10,14H2. The fraction of sp³-hybridized carbons (Fsp3) is 0.538. The molecular formula is C13H19NOS. The molecule has 88 valence electrons. The highest BCUT2D eigenvalue weighted by molar-refractivity contribution is 7.85. The molecule has 3 heteroatoms. The summed E-state index contributed by atoms with van der Waals surface area (Å²) in [5, 5.41) is 0. The Morgan fingerprint density at radius 1 is 1.19 bits per heavy atom. The van der Waals surface area contributed by atoms with E-state index in [0.717, 1.165) is 10.6 Å². The first-order valence-corrected chi connectivity index (χ1v) is 7.32. The van der Waals surface area contributed by atoms with Crippen molar-refractivity contribution < 1.29 is 4.21 Å². The zero-order chi connectivity index (χ0) is 11.4. The van der Waals surface area contributed by atoms with Gasteiger partial charge in [0.1, 0.15) is 0 Å². The summed E-state index contributed by atoms with van der Waals surface area (Å²) >= 11 is 0. The molecule has 0 amide bonds. The number of para-hydroxylation sites is 1. The molecule has 1 fully saturated rings. The van der Waals surface area contributed by atoms with Gasteiger partial charge in [0.05, 0.1) is 15.7 Å². The maximum Gasteiger partial charge on any atom is 0.0617 e. The number of anilines is 1. The number of nitrogen functional groups attached to an aromatic ring is 1. The van der Waals surface area contributed by atoms with Gasteiger partial charge in [-0.05, 0) is 30.9 Å². The first kappa shape index (κ1) is 11.6. The van der Waals surface area contributed by atoms with Crippen LogP contribution in [0, 0.1) is 5.92 Å². The van der Waals surface area contributed by atoms with Crippen LogP contribution in [0.15, 0.2) is 29.2 Å². The van der Waals surface area contributed by atoms with Crippen molar-refractivity contribution in [1.82, 2.24) is 0 Å². The maximum atomic E-state index is 12.2. The molecule has 1 saturated carbocycles. The number of nitrogens with two attached hydrogens (primary N) is 1. The van der Waals surface area contributed by atoms with E-state index < -0.39 is 10.8 Å². The smallest absolute Gasteiger partial charge is 0.0617 e. The third kappa shape index (κ3) is 2.85. The summed E-state index contributed by atoms with van der Waals surface area (Å²) in [7, 11) is -0.918. The third-order valence-electron chi connectivity index (χ3n) is 3.28. The van der Waals surface area contributed by atoms with Crippen LogP contribution in [-0.4, -0.2) is 9.96 Å². The highest BCUT2D eigenvalue weighted by atomic mass is 32.2. The van der Waals surface area contributed by atoms with Crippen LogP contribution in [0.1, 0.15) is 32.1 Å². The molecule has 0 spiro atoms. The van der Waals surface area contributed by atoms with Crippen molar-refractivity contribution in [3.8, 4) is 0 Å². The van der Waals surface area contributed by atoms with Gasteiger partial charge in [0, 0.05) is 11.4 Å². The van der Waals surface area contributed by atoms with Crippen molar-refractivity contribution >= 4 is 16.5 Å². The zero-order valence-electron chi connectivity index (χ0n) is 9.52. The molecule has 0 aromatic heterocycles. The molecule has 0 bridgehead atoms. The number of rotatable bonds is 3. The molecule has 2 nitrogen and oxygen atoms in total.